The zero-order valence-corrected chi connectivity index (χ0v) is 15.1. The SMILES string of the molecule is COc1ccc(C(CC(=O)NCc2ccccc2F)C2CC2)cc1OC. The van der Waals surface area contributed by atoms with Crippen molar-refractivity contribution >= 4 is 5.91 Å². The molecule has 0 aromatic heterocycles. The smallest absolute Gasteiger partial charge is 0.220 e. The first-order valence-electron chi connectivity index (χ1n) is 8.84. The lowest BCUT2D eigenvalue weighted by Gasteiger charge is -2.18. The first-order chi connectivity index (χ1) is 12.6. The molecule has 2 aromatic carbocycles. The van der Waals surface area contributed by atoms with Gasteiger partial charge in [-0.05, 0) is 48.4 Å². The van der Waals surface area contributed by atoms with Gasteiger partial charge in [0.25, 0.3) is 0 Å². The molecule has 4 nitrogen and oxygen atoms in total. The second-order valence-electron chi connectivity index (χ2n) is 6.63. The highest BCUT2D eigenvalue weighted by atomic mass is 19.1. The van der Waals surface area contributed by atoms with Crippen LogP contribution in [0.25, 0.3) is 0 Å². The Kier molecular flexibility index (Phi) is 5.76. The largest absolute Gasteiger partial charge is 0.493 e. The summed E-state index contributed by atoms with van der Waals surface area (Å²) in [5.41, 5.74) is 1.57. The summed E-state index contributed by atoms with van der Waals surface area (Å²) in [4.78, 5) is 12.4. The predicted molar refractivity (Wildman–Crippen MR) is 97.9 cm³/mol. The van der Waals surface area contributed by atoms with Gasteiger partial charge in [-0.1, -0.05) is 24.3 Å². The number of hydrogen-bond donors (Lipinski definition) is 1. The molecule has 0 radical (unpaired) electrons. The molecule has 1 aliphatic rings. The van der Waals surface area contributed by atoms with Crippen molar-refractivity contribution in [1.29, 1.82) is 0 Å². The molecule has 0 bridgehead atoms. The summed E-state index contributed by atoms with van der Waals surface area (Å²) in [6.45, 7) is 0.203. The third-order valence-electron chi connectivity index (χ3n) is 4.87. The van der Waals surface area contributed by atoms with Gasteiger partial charge in [0.2, 0.25) is 5.91 Å². The number of benzene rings is 2. The maximum Gasteiger partial charge on any atom is 0.220 e. The van der Waals surface area contributed by atoms with Gasteiger partial charge >= 0.3 is 0 Å². The molecule has 1 aliphatic carbocycles. The highest BCUT2D eigenvalue weighted by molar-refractivity contribution is 5.77. The Balaban J connectivity index is 1.67. The van der Waals surface area contributed by atoms with Crippen LogP contribution in [0.3, 0.4) is 0 Å². The molecule has 138 valence electrons. The van der Waals surface area contributed by atoms with E-state index in [1.165, 1.54) is 6.07 Å². The minimum absolute atomic E-state index is 0.0695. The van der Waals surface area contributed by atoms with E-state index in [0.29, 0.717) is 29.4 Å². The molecule has 1 N–H and O–H groups in total. The molecule has 1 fully saturated rings. The van der Waals surface area contributed by atoms with E-state index in [-0.39, 0.29) is 24.2 Å². The van der Waals surface area contributed by atoms with Crippen molar-refractivity contribution in [3.8, 4) is 11.5 Å². The summed E-state index contributed by atoms with van der Waals surface area (Å²) in [7, 11) is 3.21. The number of ether oxygens (including phenoxy) is 2. The van der Waals surface area contributed by atoms with Crippen LogP contribution in [0, 0.1) is 11.7 Å². The molecule has 1 unspecified atom stereocenters. The standard InChI is InChI=1S/C21H24FNO3/c1-25-19-10-9-15(11-20(19)26-2)17(14-7-8-14)12-21(24)23-13-16-5-3-4-6-18(16)22/h3-6,9-11,14,17H,7-8,12-13H2,1-2H3,(H,23,24). The molecular weight excluding hydrogens is 333 g/mol. The molecule has 0 saturated heterocycles. The van der Waals surface area contributed by atoms with Crippen molar-refractivity contribution in [3.05, 3.63) is 59.4 Å². The molecular formula is C21H24FNO3. The Hall–Kier alpha value is -2.56. The Morgan fingerprint density at radius 1 is 1.15 bits per heavy atom. The number of hydrogen-bond acceptors (Lipinski definition) is 3. The average molecular weight is 357 g/mol. The summed E-state index contributed by atoms with van der Waals surface area (Å²) in [5, 5.41) is 2.84. The van der Waals surface area contributed by atoms with Crippen LogP contribution >= 0.6 is 0 Å². The first kappa shape index (κ1) is 18.2. The summed E-state index contributed by atoms with van der Waals surface area (Å²) in [6.07, 6.45) is 2.63. The average Bonchev–Trinajstić information content (AvgIpc) is 3.50. The molecule has 2 aromatic rings. The molecule has 1 atom stereocenters. The van der Waals surface area contributed by atoms with Gasteiger partial charge in [-0.25, -0.2) is 4.39 Å². The van der Waals surface area contributed by atoms with Crippen LogP contribution in [0.15, 0.2) is 42.5 Å². The molecule has 0 spiro atoms. The zero-order valence-electron chi connectivity index (χ0n) is 15.1. The Morgan fingerprint density at radius 2 is 1.88 bits per heavy atom. The van der Waals surface area contributed by atoms with Crippen LogP contribution in [-0.2, 0) is 11.3 Å². The van der Waals surface area contributed by atoms with E-state index in [1.54, 1.807) is 32.4 Å². The lowest BCUT2D eigenvalue weighted by molar-refractivity contribution is -0.121. The van der Waals surface area contributed by atoms with E-state index < -0.39 is 0 Å². The number of nitrogens with one attached hydrogen (secondary N) is 1. The number of methoxy groups -OCH3 is 2. The maximum absolute atomic E-state index is 13.7. The van der Waals surface area contributed by atoms with Gasteiger partial charge in [0.15, 0.2) is 11.5 Å². The van der Waals surface area contributed by atoms with E-state index in [0.717, 1.165) is 18.4 Å². The number of carbonyl (C=O) groups is 1. The molecule has 3 rings (SSSR count). The second-order valence-corrected chi connectivity index (χ2v) is 6.63. The van der Waals surface area contributed by atoms with Gasteiger partial charge in [0.05, 0.1) is 14.2 Å². The van der Waals surface area contributed by atoms with Crippen LogP contribution in [0.2, 0.25) is 0 Å². The van der Waals surface area contributed by atoms with Crippen LogP contribution in [-0.4, -0.2) is 20.1 Å². The van der Waals surface area contributed by atoms with Crippen LogP contribution in [0.1, 0.15) is 36.3 Å². The number of halogens is 1. The first-order valence-corrected chi connectivity index (χ1v) is 8.84. The molecule has 5 heteroatoms. The fraction of sp³-hybridized carbons (Fsp3) is 0.381. The van der Waals surface area contributed by atoms with E-state index >= 15 is 0 Å². The van der Waals surface area contributed by atoms with E-state index in [4.69, 9.17) is 9.47 Å². The van der Waals surface area contributed by atoms with Crippen molar-refractivity contribution in [1.82, 2.24) is 5.32 Å². The van der Waals surface area contributed by atoms with Gasteiger partial charge in [-0.3, -0.25) is 4.79 Å². The summed E-state index contributed by atoms with van der Waals surface area (Å²) >= 11 is 0. The topological polar surface area (TPSA) is 47.6 Å². The lowest BCUT2D eigenvalue weighted by atomic mass is 9.90. The van der Waals surface area contributed by atoms with E-state index in [9.17, 15) is 9.18 Å². The molecule has 0 heterocycles. The van der Waals surface area contributed by atoms with Gasteiger partial charge in [-0.2, -0.15) is 0 Å². The third-order valence-corrected chi connectivity index (χ3v) is 4.87. The van der Waals surface area contributed by atoms with Gasteiger partial charge < -0.3 is 14.8 Å². The fourth-order valence-electron chi connectivity index (χ4n) is 3.25. The van der Waals surface area contributed by atoms with Gasteiger partial charge in [0, 0.05) is 18.5 Å². The third kappa shape index (κ3) is 4.34. The van der Waals surface area contributed by atoms with Crippen molar-refractivity contribution in [2.75, 3.05) is 14.2 Å². The predicted octanol–water partition coefficient (Wildman–Crippen LogP) is 4.04. The Labute approximate surface area is 153 Å². The number of carbonyl (C=O) groups excluding carboxylic acids is 1. The van der Waals surface area contributed by atoms with Gasteiger partial charge in [0.1, 0.15) is 5.82 Å². The molecule has 1 amide bonds. The van der Waals surface area contributed by atoms with Crippen molar-refractivity contribution in [2.24, 2.45) is 5.92 Å². The van der Waals surface area contributed by atoms with Crippen molar-refractivity contribution in [2.45, 2.75) is 31.7 Å². The Morgan fingerprint density at radius 3 is 2.54 bits per heavy atom. The Bertz CT molecular complexity index is 774. The van der Waals surface area contributed by atoms with Crippen LogP contribution in [0.4, 0.5) is 4.39 Å². The van der Waals surface area contributed by atoms with E-state index in [1.807, 2.05) is 18.2 Å². The number of rotatable bonds is 8. The zero-order chi connectivity index (χ0) is 18.5. The lowest BCUT2D eigenvalue weighted by Crippen LogP contribution is -2.25. The minimum atomic E-state index is -0.300. The van der Waals surface area contributed by atoms with Gasteiger partial charge in [-0.15, -0.1) is 0 Å². The van der Waals surface area contributed by atoms with Crippen molar-refractivity contribution < 1.29 is 18.7 Å². The second kappa shape index (κ2) is 8.21. The van der Waals surface area contributed by atoms with Crippen LogP contribution < -0.4 is 14.8 Å². The molecule has 0 aliphatic heterocycles. The summed E-state index contributed by atoms with van der Waals surface area (Å²) in [6, 6.07) is 12.3. The number of amides is 1. The fourth-order valence-corrected chi connectivity index (χ4v) is 3.25. The summed E-state index contributed by atoms with van der Waals surface area (Å²) < 4.78 is 24.4. The molecule has 1 saturated carbocycles. The quantitative estimate of drug-likeness (QED) is 0.775. The van der Waals surface area contributed by atoms with Crippen molar-refractivity contribution in [3.63, 3.8) is 0 Å². The van der Waals surface area contributed by atoms with E-state index in [2.05, 4.69) is 5.32 Å². The summed E-state index contributed by atoms with van der Waals surface area (Å²) in [5.74, 6) is 1.62. The highest BCUT2D eigenvalue weighted by Crippen LogP contribution is 2.46. The normalized spacial score (nSPS) is 14.6. The van der Waals surface area contributed by atoms with Crippen LogP contribution in [0.5, 0.6) is 11.5 Å². The maximum atomic E-state index is 13.7. The molecule has 26 heavy (non-hydrogen) atoms. The monoisotopic (exact) mass is 357 g/mol. The minimum Gasteiger partial charge on any atom is -0.493 e. The highest BCUT2D eigenvalue weighted by Gasteiger charge is 2.34.